The molecule has 0 aromatic heterocycles. The van der Waals surface area contributed by atoms with E-state index in [1.807, 2.05) is 19.1 Å². The van der Waals surface area contributed by atoms with Crippen LogP contribution in [0.2, 0.25) is 0 Å². The highest BCUT2D eigenvalue weighted by atomic mass is 32.2. The van der Waals surface area contributed by atoms with Gasteiger partial charge >= 0.3 is 0 Å². The van der Waals surface area contributed by atoms with Crippen LogP contribution >= 0.6 is 0 Å². The zero-order valence-electron chi connectivity index (χ0n) is 19.2. The molecule has 1 aliphatic rings. The Hall–Kier alpha value is -3.07. The molecular formula is C25H30FN3O4S. The number of nitrogens with zero attached hydrogens (tertiary/aromatic N) is 1. The molecule has 2 N–H and O–H groups in total. The van der Waals surface area contributed by atoms with Crippen LogP contribution in [0.25, 0.3) is 0 Å². The molecule has 0 heterocycles. The zero-order chi connectivity index (χ0) is 24.5. The van der Waals surface area contributed by atoms with E-state index in [2.05, 4.69) is 10.6 Å². The summed E-state index contributed by atoms with van der Waals surface area (Å²) in [5.74, 6) is -3.14. The molecule has 2 aromatic carbocycles. The van der Waals surface area contributed by atoms with Gasteiger partial charge in [0.2, 0.25) is 17.7 Å². The highest BCUT2D eigenvalue weighted by Gasteiger charge is 2.25. The maximum Gasteiger partial charge on any atom is 0.240 e. The van der Waals surface area contributed by atoms with Gasteiger partial charge in [-0.1, -0.05) is 49.1 Å². The number of amides is 3. The number of rotatable bonds is 9. The largest absolute Gasteiger partial charge is 0.352 e. The van der Waals surface area contributed by atoms with Crippen molar-refractivity contribution < 1.29 is 23.0 Å². The van der Waals surface area contributed by atoms with Crippen LogP contribution in [0.5, 0.6) is 0 Å². The third-order valence-electron chi connectivity index (χ3n) is 5.63. The van der Waals surface area contributed by atoms with Crippen LogP contribution < -0.4 is 15.5 Å². The number of hydrogen-bond acceptors (Lipinski definition) is 4. The van der Waals surface area contributed by atoms with Crippen LogP contribution in [0.15, 0.2) is 48.5 Å². The number of nitrogens with one attached hydrogen (secondary N) is 2. The van der Waals surface area contributed by atoms with Gasteiger partial charge in [-0.25, -0.2) is 4.39 Å². The van der Waals surface area contributed by atoms with Crippen LogP contribution in [-0.4, -0.2) is 46.0 Å². The van der Waals surface area contributed by atoms with Crippen molar-refractivity contribution in [3.05, 3.63) is 59.9 Å². The van der Waals surface area contributed by atoms with Crippen molar-refractivity contribution in [1.29, 1.82) is 0 Å². The van der Waals surface area contributed by atoms with Gasteiger partial charge in [0, 0.05) is 22.5 Å². The van der Waals surface area contributed by atoms with Crippen LogP contribution in [0, 0.1) is 12.7 Å². The second-order valence-corrected chi connectivity index (χ2v) is 9.93. The number of carbonyl (C=O) groups is 3. The van der Waals surface area contributed by atoms with E-state index < -0.39 is 40.1 Å². The average Bonchev–Trinajstić information content (AvgIpc) is 2.80. The Kier molecular flexibility index (Phi) is 9.33. The molecule has 0 unspecified atom stereocenters. The Bertz CT molecular complexity index is 1040. The molecule has 0 aliphatic heterocycles. The summed E-state index contributed by atoms with van der Waals surface area (Å²) < 4.78 is 27.0. The Morgan fingerprint density at radius 2 is 1.65 bits per heavy atom. The second-order valence-electron chi connectivity index (χ2n) is 8.48. The van der Waals surface area contributed by atoms with Crippen LogP contribution in [0.4, 0.5) is 15.8 Å². The van der Waals surface area contributed by atoms with Crippen LogP contribution in [-0.2, 0) is 25.2 Å². The molecule has 1 aliphatic carbocycles. The first-order valence-electron chi connectivity index (χ1n) is 11.4. The first kappa shape index (κ1) is 25.6. The molecule has 1 saturated carbocycles. The molecular weight excluding hydrogens is 457 g/mol. The summed E-state index contributed by atoms with van der Waals surface area (Å²) in [5.41, 5.74) is 1.53. The number of para-hydroxylation sites is 1. The highest BCUT2D eigenvalue weighted by molar-refractivity contribution is 7.86. The van der Waals surface area contributed by atoms with E-state index in [-0.39, 0.29) is 24.0 Å². The first-order valence-corrected chi connectivity index (χ1v) is 12.9. The van der Waals surface area contributed by atoms with E-state index >= 15 is 0 Å². The Labute approximate surface area is 201 Å². The first-order chi connectivity index (χ1) is 16.3. The standard InChI is InChI=1S/C25H30FN3O4S/c1-18-11-13-20(14-12-18)28-24(31)16-34(33)17-25(32)29(22-10-6-5-9-21(22)26)15-23(30)27-19-7-3-2-4-8-19/h5-6,9-14,19H,2-4,7-8,15-17H2,1H3,(H,27,30)(H,28,31)/t34-/m1/s1. The van der Waals surface area contributed by atoms with Gasteiger partial charge in [0.05, 0.1) is 5.69 Å². The van der Waals surface area contributed by atoms with Gasteiger partial charge in [0.1, 0.15) is 23.9 Å². The number of halogens is 1. The smallest absolute Gasteiger partial charge is 0.240 e. The van der Waals surface area contributed by atoms with Crippen molar-refractivity contribution in [2.75, 3.05) is 28.3 Å². The molecule has 7 nitrogen and oxygen atoms in total. The summed E-state index contributed by atoms with van der Waals surface area (Å²) >= 11 is 0. The number of hydrogen-bond donors (Lipinski definition) is 2. The maximum absolute atomic E-state index is 14.5. The van der Waals surface area contributed by atoms with Gasteiger partial charge < -0.3 is 10.6 Å². The zero-order valence-corrected chi connectivity index (χ0v) is 20.0. The summed E-state index contributed by atoms with van der Waals surface area (Å²) in [6, 6.07) is 12.8. The van der Waals surface area contributed by atoms with E-state index in [0.29, 0.717) is 5.69 Å². The molecule has 1 fully saturated rings. The van der Waals surface area contributed by atoms with Crippen molar-refractivity contribution in [2.24, 2.45) is 0 Å². The van der Waals surface area contributed by atoms with Crippen molar-refractivity contribution in [3.8, 4) is 0 Å². The van der Waals surface area contributed by atoms with Gasteiger partial charge in [-0.15, -0.1) is 0 Å². The summed E-state index contributed by atoms with van der Waals surface area (Å²) in [7, 11) is -1.84. The number of aryl methyl sites for hydroxylation is 1. The van der Waals surface area contributed by atoms with E-state index in [4.69, 9.17) is 0 Å². The number of benzene rings is 2. The Balaban J connectivity index is 1.62. The SMILES string of the molecule is Cc1ccc(NC(=O)C[S@@](=O)CC(=O)N(CC(=O)NC2CCCCC2)c2ccccc2F)cc1. The third-order valence-corrected chi connectivity index (χ3v) is 6.78. The molecule has 1 atom stereocenters. The molecule has 182 valence electrons. The lowest BCUT2D eigenvalue weighted by atomic mass is 9.95. The topological polar surface area (TPSA) is 95.6 Å². The fourth-order valence-corrected chi connectivity index (χ4v) is 4.79. The molecule has 2 aromatic rings. The minimum atomic E-state index is -1.84. The predicted octanol–water partition coefficient (Wildman–Crippen LogP) is 3.30. The van der Waals surface area contributed by atoms with Gasteiger partial charge in [-0.2, -0.15) is 0 Å². The molecule has 0 spiro atoms. The van der Waals surface area contributed by atoms with Gasteiger partial charge in [-0.3, -0.25) is 23.5 Å². The van der Waals surface area contributed by atoms with Crippen molar-refractivity contribution in [1.82, 2.24) is 5.32 Å². The fourth-order valence-electron chi connectivity index (χ4n) is 3.89. The quantitative estimate of drug-likeness (QED) is 0.567. The lowest BCUT2D eigenvalue weighted by Gasteiger charge is -2.26. The molecule has 0 radical (unpaired) electrons. The monoisotopic (exact) mass is 487 g/mol. The van der Waals surface area contributed by atoms with E-state index in [0.717, 1.165) is 42.6 Å². The molecule has 34 heavy (non-hydrogen) atoms. The normalized spacial score (nSPS) is 14.8. The third kappa shape index (κ3) is 7.76. The highest BCUT2D eigenvalue weighted by Crippen LogP contribution is 2.20. The van der Waals surface area contributed by atoms with Gasteiger partial charge in [-0.05, 0) is 44.0 Å². The van der Waals surface area contributed by atoms with E-state index in [1.54, 1.807) is 18.2 Å². The molecule has 3 amide bonds. The van der Waals surface area contributed by atoms with E-state index in [9.17, 15) is 23.0 Å². The molecule has 3 rings (SSSR count). The lowest BCUT2D eigenvalue weighted by molar-refractivity contribution is -0.123. The predicted molar refractivity (Wildman–Crippen MR) is 131 cm³/mol. The Morgan fingerprint density at radius 3 is 2.32 bits per heavy atom. The summed E-state index contributed by atoms with van der Waals surface area (Å²) in [4.78, 5) is 38.8. The maximum atomic E-state index is 14.5. The van der Waals surface area contributed by atoms with Gasteiger partial charge in [0.15, 0.2) is 0 Å². The number of carbonyl (C=O) groups excluding carboxylic acids is 3. The molecule has 9 heteroatoms. The summed E-state index contributed by atoms with van der Waals surface area (Å²) in [5, 5.41) is 5.55. The fraction of sp³-hybridized carbons (Fsp3) is 0.400. The summed E-state index contributed by atoms with van der Waals surface area (Å²) in [6.45, 7) is 1.53. The molecule has 0 bridgehead atoms. The van der Waals surface area contributed by atoms with Crippen molar-refractivity contribution >= 4 is 39.9 Å². The minimum Gasteiger partial charge on any atom is -0.352 e. The van der Waals surface area contributed by atoms with Crippen molar-refractivity contribution in [3.63, 3.8) is 0 Å². The Morgan fingerprint density at radius 1 is 0.971 bits per heavy atom. The number of anilines is 2. The van der Waals surface area contributed by atoms with Gasteiger partial charge in [0.25, 0.3) is 0 Å². The van der Waals surface area contributed by atoms with Crippen molar-refractivity contribution in [2.45, 2.75) is 45.1 Å². The molecule has 0 saturated heterocycles. The van der Waals surface area contributed by atoms with Crippen LogP contribution in [0.3, 0.4) is 0 Å². The summed E-state index contributed by atoms with van der Waals surface area (Å²) in [6.07, 6.45) is 4.95. The lowest BCUT2D eigenvalue weighted by Crippen LogP contribution is -2.46. The average molecular weight is 488 g/mol. The second kappa shape index (κ2) is 12.4. The van der Waals surface area contributed by atoms with Crippen LogP contribution in [0.1, 0.15) is 37.7 Å². The minimum absolute atomic E-state index is 0.0402. The van der Waals surface area contributed by atoms with E-state index in [1.165, 1.54) is 18.2 Å².